The van der Waals surface area contributed by atoms with E-state index in [9.17, 15) is 24.6 Å². The molecule has 0 aliphatic heterocycles. The van der Waals surface area contributed by atoms with Crippen LogP contribution in [0.25, 0.3) is 34.4 Å². The van der Waals surface area contributed by atoms with E-state index < -0.39 is 34.7 Å². The Bertz CT molecular complexity index is 4540. The van der Waals surface area contributed by atoms with Gasteiger partial charge in [0.25, 0.3) is 0 Å². The average Bonchev–Trinajstić information content (AvgIpc) is 1.26. The van der Waals surface area contributed by atoms with Gasteiger partial charge < -0.3 is 71.2 Å². The second-order valence-electron chi connectivity index (χ2n) is 26.6. The van der Waals surface area contributed by atoms with Crippen molar-refractivity contribution >= 4 is 33.8 Å². The third-order valence-corrected chi connectivity index (χ3v) is 17.1. The zero-order valence-corrected chi connectivity index (χ0v) is 65.5. The van der Waals surface area contributed by atoms with Crippen molar-refractivity contribution in [3.63, 3.8) is 0 Å². The predicted octanol–water partition coefficient (Wildman–Crippen LogP) is 18.5. The van der Waals surface area contributed by atoms with Crippen LogP contribution < -0.4 is 33.2 Å². The fraction of sp³-hybridized carbons (Fsp3) is 0.310. The third kappa shape index (κ3) is 25.1. The van der Waals surface area contributed by atoms with E-state index in [1.807, 2.05) is 186 Å². The lowest BCUT2D eigenvalue weighted by molar-refractivity contribution is -0.159. The minimum atomic E-state index is -1.40. The van der Waals surface area contributed by atoms with Gasteiger partial charge in [-0.1, -0.05) is 94.8 Å². The van der Waals surface area contributed by atoms with Crippen LogP contribution in [0.1, 0.15) is 118 Å². The molecule has 0 radical (unpaired) electrons. The molecule has 3 heterocycles. The van der Waals surface area contributed by atoms with Gasteiger partial charge in [-0.25, -0.2) is 29.3 Å². The van der Waals surface area contributed by atoms with Gasteiger partial charge in [-0.05, 0) is 216 Å². The summed E-state index contributed by atoms with van der Waals surface area (Å²) in [7, 11) is 0. The molecule has 0 aliphatic rings. The number of carboxylic acids is 1. The van der Waals surface area contributed by atoms with Crippen LogP contribution in [0.15, 0.2) is 207 Å². The predicted molar refractivity (Wildman–Crippen MR) is 419 cm³/mol. The Balaban J connectivity index is 0.000000196. The van der Waals surface area contributed by atoms with Crippen LogP contribution in [-0.4, -0.2) is 98.0 Å². The van der Waals surface area contributed by atoms with Crippen LogP contribution in [0.4, 0.5) is 0 Å². The Kier molecular flexibility index (Phi) is 30.6. The molecule has 0 saturated heterocycles. The number of aryl methyl sites for hydroxylation is 5. The maximum absolute atomic E-state index is 12.1. The molecule has 21 nitrogen and oxygen atoms in total. The van der Waals surface area contributed by atoms with Gasteiger partial charge in [0.1, 0.15) is 69.9 Å². The normalized spacial score (nSPS) is 11.1. The van der Waals surface area contributed by atoms with Crippen molar-refractivity contribution in [2.24, 2.45) is 0 Å². The number of nitrogens with zero attached hydrogens (tertiary/aromatic N) is 3. The minimum absolute atomic E-state index is 0.189. The summed E-state index contributed by atoms with van der Waals surface area (Å²) in [6, 6.07) is 60.1. The van der Waals surface area contributed by atoms with E-state index in [1.165, 1.54) is 13.8 Å². The van der Waals surface area contributed by atoms with E-state index >= 15 is 0 Å². The highest BCUT2D eigenvalue weighted by atomic mass is 79.9. The summed E-state index contributed by atoms with van der Waals surface area (Å²) in [5, 5.41) is 28.6. The van der Waals surface area contributed by atoms with Crippen molar-refractivity contribution in [1.29, 1.82) is 0 Å². The summed E-state index contributed by atoms with van der Waals surface area (Å²) >= 11 is 3.48. The number of phenols is 1. The second-order valence-corrected chi connectivity index (χ2v) is 27.1. The SMILES string of the molecule is CCOC(=O)C(C)(C)Oc1ccc(OCCc2nc(-c3ccccc3)oc2C)cc1CBr.CCOC(=O)C(C)(C)Oc1ccc(OCCc2nc(-c3ccccc3)oc2C)cc1CO.Cc1cccc(O)c1.Cc1cccc(OCc2cc(OCCc3nc(-c4ccccc4)oc3C)ccc2OC(C)(C)C(=O)O)c1. The lowest BCUT2D eigenvalue weighted by Gasteiger charge is -2.25. The summed E-state index contributed by atoms with van der Waals surface area (Å²) in [5.74, 6) is 6.56. The number of carbonyl (C=O) groups excluding carboxylic acids is 2. The number of aliphatic hydroxyl groups is 1. The highest BCUT2D eigenvalue weighted by Gasteiger charge is 2.34. The molecule has 0 amide bonds. The van der Waals surface area contributed by atoms with Crippen LogP contribution in [-0.2, 0) is 61.7 Å². The highest BCUT2D eigenvalue weighted by Crippen LogP contribution is 2.34. The number of hydrogen-bond donors (Lipinski definition) is 3. The van der Waals surface area contributed by atoms with Gasteiger partial charge in [-0.2, -0.15) is 0 Å². The summed E-state index contributed by atoms with van der Waals surface area (Å²) in [4.78, 5) is 49.7. The average molecular weight is 1550 g/mol. The molecule has 0 saturated carbocycles. The monoisotopic (exact) mass is 1550 g/mol. The van der Waals surface area contributed by atoms with Crippen molar-refractivity contribution < 1.29 is 85.6 Å². The third-order valence-electron chi connectivity index (χ3n) is 16.5. The molecule has 0 bridgehead atoms. The molecule has 3 N–H and O–H groups in total. The Morgan fingerprint density at radius 2 is 0.780 bits per heavy atom. The number of hydrogen-bond acceptors (Lipinski definition) is 20. The van der Waals surface area contributed by atoms with Gasteiger partial charge in [-0.15, -0.1) is 0 Å². The van der Waals surface area contributed by atoms with Crippen LogP contribution in [0, 0.1) is 34.6 Å². The number of ether oxygens (including phenoxy) is 9. The standard InChI is InChI=1S/C30H31NO6.C25H28BrNO5.C25H29NO6.C7H8O/c1-20-9-8-12-24(17-20)35-19-23-18-25(13-14-27(23)37-30(3,4)29(32)33)34-16-15-26-21(2)36-28(31-26)22-10-6-5-7-11-22;1-5-29-24(28)25(3,4)32-22-12-11-20(15-19(22)16-26)30-14-13-21-17(2)31-23(27-21)18-9-7-6-8-10-18;1-5-29-24(28)25(3,4)32-22-12-11-20(15-19(22)16-27)30-14-13-21-17(2)31-23(26-21)18-9-7-6-8-10-18;1-6-3-2-4-7(8)5-6/h5-14,17-18H,15-16,19H2,1-4H3,(H,32,33);6-12,15H,5,13-14,16H2,1-4H3;6-12,15,27H,5,13-14,16H2,1-4H3;2-5,8H,1H3. The minimum Gasteiger partial charge on any atom is -0.508 e. The van der Waals surface area contributed by atoms with Crippen molar-refractivity contribution in [3.8, 4) is 80.4 Å². The summed E-state index contributed by atoms with van der Waals surface area (Å²) in [6.45, 7) is 24.5. The molecule has 11 rings (SSSR count). The van der Waals surface area contributed by atoms with E-state index in [4.69, 9.17) is 61.0 Å². The molecule has 109 heavy (non-hydrogen) atoms. The van der Waals surface area contributed by atoms with Gasteiger partial charge in [-0.3, -0.25) is 0 Å². The topological polar surface area (TPSA) is 273 Å². The Labute approximate surface area is 645 Å². The molecular formula is C87H96BrN3O18. The first-order valence-electron chi connectivity index (χ1n) is 35.8. The first-order valence-corrected chi connectivity index (χ1v) is 36.9. The summed E-state index contributed by atoms with van der Waals surface area (Å²) in [5.41, 5.74) is 5.93. The number of alkyl halides is 1. The molecule has 0 fully saturated rings. The molecule has 0 unspecified atom stereocenters. The van der Waals surface area contributed by atoms with Crippen LogP contribution in [0.5, 0.6) is 46.0 Å². The van der Waals surface area contributed by atoms with Gasteiger partial charge >= 0.3 is 17.9 Å². The number of carboxylic acid groups (broad SMARTS) is 1. The fourth-order valence-electron chi connectivity index (χ4n) is 10.5. The van der Waals surface area contributed by atoms with Gasteiger partial charge in [0.05, 0.1) is 56.7 Å². The fourth-order valence-corrected chi connectivity index (χ4v) is 11.0. The number of carbonyl (C=O) groups is 3. The molecule has 574 valence electrons. The van der Waals surface area contributed by atoms with E-state index in [0.29, 0.717) is 126 Å². The number of aromatic hydroxyl groups is 1. The molecule has 0 aliphatic carbocycles. The zero-order valence-electron chi connectivity index (χ0n) is 63.9. The molecule has 0 spiro atoms. The Morgan fingerprint density at radius 3 is 1.14 bits per heavy atom. The van der Waals surface area contributed by atoms with Crippen LogP contribution in [0.3, 0.4) is 0 Å². The van der Waals surface area contributed by atoms with E-state index in [-0.39, 0.29) is 19.8 Å². The second kappa shape index (κ2) is 40.0. The number of aromatic nitrogens is 3. The van der Waals surface area contributed by atoms with Gasteiger partial charge in [0, 0.05) is 58.0 Å². The largest absolute Gasteiger partial charge is 0.508 e. The van der Waals surface area contributed by atoms with Crippen LogP contribution in [0.2, 0.25) is 0 Å². The number of phenolic OH excluding ortho intramolecular Hbond substituents is 1. The van der Waals surface area contributed by atoms with Crippen molar-refractivity contribution in [3.05, 3.63) is 256 Å². The molecule has 0 atom stereocenters. The van der Waals surface area contributed by atoms with Gasteiger partial charge in [0.15, 0.2) is 16.8 Å². The molecule has 8 aromatic carbocycles. The molecule has 3 aromatic heterocycles. The summed E-state index contributed by atoms with van der Waals surface area (Å²) in [6.07, 6.45) is 1.77. The Morgan fingerprint density at radius 1 is 0.422 bits per heavy atom. The number of halogens is 1. The lowest BCUT2D eigenvalue weighted by atomic mass is 10.1. The van der Waals surface area contributed by atoms with Crippen molar-refractivity contribution in [2.75, 3.05) is 33.0 Å². The molecule has 22 heteroatoms. The zero-order chi connectivity index (χ0) is 78.7. The maximum atomic E-state index is 12.1. The number of aliphatic carboxylic acids is 1. The number of aliphatic hydroxyl groups excluding tert-OH is 1. The molecule has 11 aromatic rings. The number of benzene rings is 8. The first-order chi connectivity index (χ1) is 52.2. The smallest absolute Gasteiger partial charge is 0.349 e. The number of esters is 2. The van der Waals surface area contributed by atoms with Crippen LogP contribution >= 0.6 is 15.9 Å². The highest BCUT2D eigenvalue weighted by molar-refractivity contribution is 9.08. The number of oxazole rings is 3. The maximum Gasteiger partial charge on any atom is 0.349 e. The van der Waals surface area contributed by atoms with Gasteiger partial charge in [0.2, 0.25) is 17.7 Å². The quantitative estimate of drug-likeness (QED) is 0.0269. The Hall–Kier alpha value is -11.4. The van der Waals surface area contributed by atoms with Crippen molar-refractivity contribution in [1.82, 2.24) is 15.0 Å². The van der Waals surface area contributed by atoms with Crippen molar-refractivity contribution in [2.45, 2.75) is 145 Å². The van der Waals surface area contributed by atoms with E-state index in [1.54, 1.807) is 84.0 Å². The first kappa shape index (κ1) is 83.3. The summed E-state index contributed by atoms with van der Waals surface area (Å²) < 4.78 is 69.0. The lowest BCUT2D eigenvalue weighted by Crippen LogP contribution is -2.40. The molecular weight excluding hydrogens is 1450 g/mol. The number of rotatable bonds is 31. The van der Waals surface area contributed by atoms with E-state index in [0.717, 1.165) is 67.7 Å². The van der Waals surface area contributed by atoms with E-state index in [2.05, 4.69) is 30.9 Å².